The fourth-order valence-corrected chi connectivity index (χ4v) is 7.21. The van der Waals surface area contributed by atoms with Crippen molar-refractivity contribution in [2.24, 2.45) is 0 Å². The van der Waals surface area contributed by atoms with E-state index in [0.717, 1.165) is 34.7 Å². The van der Waals surface area contributed by atoms with Crippen molar-refractivity contribution in [3.8, 4) is 5.75 Å². The normalized spacial score (nSPS) is 17.1. The summed E-state index contributed by atoms with van der Waals surface area (Å²) in [5.41, 5.74) is 2.74. The first-order chi connectivity index (χ1) is 19.3. The minimum absolute atomic E-state index is 0.283. The SMILES string of the molecule is CCNc1cc(C(=O)N[C@@H](Cc2cccs2)[C@@H](O)CNCc2cccc(OC)c2)cc(N2CCCCS2(O)O)c1. The number of thiophene rings is 1. The molecule has 4 rings (SSSR count). The topological polar surface area (TPSA) is 126 Å². The first-order valence-electron chi connectivity index (χ1n) is 13.6. The molecule has 1 aliphatic heterocycles. The van der Waals surface area contributed by atoms with Crippen LogP contribution in [-0.2, 0) is 13.0 Å². The van der Waals surface area contributed by atoms with E-state index in [1.807, 2.05) is 54.8 Å². The molecule has 218 valence electrons. The van der Waals surface area contributed by atoms with E-state index < -0.39 is 22.9 Å². The van der Waals surface area contributed by atoms with Crippen molar-refractivity contribution in [3.05, 3.63) is 76.0 Å². The summed E-state index contributed by atoms with van der Waals surface area (Å²) < 4.78 is 28.3. The summed E-state index contributed by atoms with van der Waals surface area (Å²) >= 11 is 1.58. The molecule has 1 saturated heterocycles. The van der Waals surface area contributed by atoms with Crippen molar-refractivity contribution in [1.82, 2.24) is 10.6 Å². The van der Waals surface area contributed by atoms with Gasteiger partial charge in [-0.3, -0.25) is 18.2 Å². The minimum atomic E-state index is -2.94. The fourth-order valence-electron chi connectivity index (χ4n) is 4.77. The van der Waals surface area contributed by atoms with E-state index in [-0.39, 0.29) is 12.5 Å². The molecule has 0 unspecified atom stereocenters. The van der Waals surface area contributed by atoms with Crippen molar-refractivity contribution in [2.45, 2.75) is 44.9 Å². The third-order valence-corrected chi connectivity index (χ3v) is 9.66. The third-order valence-electron chi connectivity index (χ3n) is 6.83. The van der Waals surface area contributed by atoms with E-state index in [1.54, 1.807) is 34.9 Å². The number of aliphatic hydroxyl groups excluding tert-OH is 1. The van der Waals surface area contributed by atoms with Gasteiger partial charge in [-0.25, -0.2) is 0 Å². The van der Waals surface area contributed by atoms with Crippen LogP contribution in [0.3, 0.4) is 0 Å². The van der Waals surface area contributed by atoms with Crippen molar-refractivity contribution in [2.75, 3.05) is 42.1 Å². The predicted molar refractivity (Wildman–Crippen MR) is 165 cm³/mol. The maximum absolute atomic E-state index is 13.6. The first-order valence-corrected chi connectivity index (χ1v) is 16.1. The quantitative estimate of drug-likeness (QED) is 0.166. The summed E-state index contributed by atoms with van der Waals surface area (Å²) in [5.74, 6) is 0.758. The number of anilines is 2. The summed E-state index contributed by atoms with van der Waals surface area (Å²) in [6.07, 6.45) is 1.24. The molecule has 0 radical (unpaired) electrons. The molecule has 0 spiro atoms. The van der Waals surface area contributed by atoms with Crippen molar-refractivity contribution >= 4 is 39.4 Å². The second-order valence-corrected chi connectivity index (χ2v) is 13.0. The zero-order chi connectivity index (χ0) is 28.5. The lowest BCUT2D eigenvalue weighted by Crippen LogP contribution is -2.48. The van der Waals surface area contributed by atoms with Gasteiger partial charge in [0, 0.05) is 48.7 Å². The lowest BCUT2D eigenvalue weighted by molar-refractivity contribution is 0.0831. The van der Waals surface area contributed by atoms with Gasteiger partial charge in [0.25, 0.3) is 5.91 Å². The van der Waals surface area contributed by atoms with Crippen molar-refractivity contribution in [1.29, 1.82) is 0 Å². The molecule has 11 heteroatoms. The van der Waals surface area contributed by atoms with Crippen LogP contribution in [-0.4, -0.2) is 64.8 Å². The number of hydrogen-bond acceptors (Lipinski definition) is 9. The Morgan fingerprint density at radius 2 is 2.00 bits per heavy atom. The molecule has 1 amide bonds. The van der Waals surface area contributed by atoms with Crippen LogP contribution in [0.2, 0.25) is 0 Å². The zero-order valence-electron chi connectivity index (χ0n) is 23.0. The van der Waals surface area contributed by atoms with Crippen LogP contribution < -0.4 is 25.0 Å². The number of ether oxygens (including phenoxy) is 1. The Morgan fingerprint density at radius 3 is 2.73 bits per heavy atom. The highest BCUT2D eigenvalue weighted by Gasteiger charge is 2.28. The van der Waals surface area contributed by atoms with E-state index >= 15 is 0 Å². The molecule has 3 aromatic rings. The van der Waals surface area contributed by atoms with E-state index in [2.05, 4.69) is 16.0 Å². The highest BCUT2D eigenvalue weighted by molar-refractivity contribution is 8.25. The van der Waals surface area contributed by atoms with Crippen LogP contribution in [0.1, 0.15) is 40.6 Å². The number of methoxy groups -OCH3 is 1. The molecule has 40 heavy (non-hydrogen) atoms. The maximum atomic E-state index is 13.6. The molecular formula is C29H40N4O5S2. The number of rotatable bonds is 13. The average molecular weight is 589 g/mol. The van der Waals surface area contributed by atoms with E-state index in [4.69, 9.17) is 4.74 Å². The lowest BCUT2D eigenvalue weighted by Gasteiger charge is -2.47. The van der Waals surface area contributed by atoms with Crippen molar-refractivity contribution in [3.63, 3.8) is 0 Å². The van der Waals surface area contributed by atoms with E-state index in [9.17, 15) is 19.0 Å². The van der Waals surface area contributed by atoms with Crippen LogP contribution in [0.5, 0.6) is 5.75 Å². The van der Waals surface area contributed by atoms with Gasteiger partial charge in [0.05, 0.1) is 30.7 Å². The molecule has 2 aromatic carbocycles. The highest BCUT2D eigenvalue weighted by atomic mass is 32.3. The second-order valence-electron chi connectivity index (χ2n) is 9.86. The van der Waals surface area contributed by atoms with Crippen LogP contribution >= 0.6 is 22.1 Å². The molecule has 0 bridgehead atoms. The van der Waals surface area contributed by atoms with Gasteiger partial charge in [-0.05, 0) is 67.1 Å². The van der Waals surface area contributed by atoms with Crippen molar-refractivity contribution < 1.29 is 23.7 Å². The molecule has 1 fully saturated rings. The van der Waals surface area contributed by atoms with Gasteiger partial charge in [0.15, 0.2) is 0 Å². The predicted octanol–water partition coefficient (Wildman–Crippen LogP) is 4.95. The number of carbonyl (C=O) groups excluding carboxylic acids is 1. The number of nitrogens with zero attached hydrogens (tertiary/aromatic N) is 1. The highest BCUT2D eigenvalue weighted by Crippen LogP contribution is 2.50. The molecule has 9 nitrogen and oxygen atoms in total. The maximum Gasteiger partial charge on any atom is 0.251 e. The van der Waals surface area contributed by atoms with Crippen LogP contribution in [0.4, 0.5) is 11.4 Å². The molecule has 1 aliphatic rings. The number of benzene rings is 2. The Bertz CT molecular complexity index is 1240. The number of amides is 1. The van der Waals surface area contributed by atoms with Gasteiger partial charge >= 0.3 is 0 Å². The number of aliphatic hydroxyl groups is 1. The minimum Gasteiger partial charge on any atom is -0.497 e. The van der Waals surface area contributed by atoms with Gasteiger partial charge < -0.3 is 25.8 Å². The fraction of sp³-hybridized carbons (Fsp3) is 0.414. The summed E-state index contributed by atoms with van der Waals surface area (Å²) in [4.78, 5) is 14.6. The van der Waals surface area contributed by atoms with Gasteiger partial charge in [0.1, 0.15) is 5.75 Å². The molecule has 0 aliphatic carbocycles. The second kappa shape index (κ2) is 14.2. The Balaban J connectivity index is 1.50. The van der Waals surface area contributed by atoms with Gasteiger partial charge in [-0.1, -0.05) is 18.2 Å². The number of carbonyl (C=O) groups is 1. The summed E-state index contributed by atoms with van der Waals surface area (Å²) in [7, 11) is -1.31. The number of hydrogen-bond donors (Lipinski definition) is 6. The summed E-state index contributed by atoms with van der Waals surface area (Å²) in [6.45, 7) is 3.96. The van der Waals surface area contributed by atoms with Gasteiger partial charge in [-0.2, -0.15) is 0 Å². The van der Waals surface area contributed by atoms with E-state index in [0.29, 0.717) is 43.1 Å². The monoisotopic (exact) mass is 588 g/mol. The summed E-state index contributed by atoms with van der Waals surface area (Å²) in [6, 6.07) is 16.4. The van der Waals surface area contributed by atoms with Gasteiger partial charge in [-0.15, -0.1) is 22.1 Å². The van der Waals surface area contributed by atoms with Crippen LogP contribution in [0.15, 0.2) is 60.0 Å². The molecule has 1 aromatic heterocycles. The van der Waals surface area contributed by atoms with Crippen LogP contribution in [0.25, 0.3) is 0 Å². The molecule has 6 N–H and O–H groups in total. The Labute approximate surface area is 242 Å². The number of nitrogens with one attached hydrogen (secondary N) is 3. The molecular weight excluding hydrogens is 548 g/mol. The Kier molecular flexibility index (Phi) is 10.7. The van der Waals surface area contributed by atoms with Crippen LogP contribution in [0, 0.1) is 0 Å². The largest absolute Gasteiger partial charge is 0.497 e. The third kappa shape index (κ3) is 8.12. The molecule has 2 atom stereocenters. The average Bonchev–Trinajstić information content (AvgIpc) is 3.45. The van der Waals surface area contributed by atoms with E-state index in [1.165, 1.54) is 0 Å². The van der Waals surface area contributed by atoms with Gasteiger partial charge in [0.2, 0.25) is 0 Å². The lowest BCUT2D eigenvalue weighted by atomic mass is 10.0. The summed E-state index contributed by atoms with van der Waals surface area (Å²) in [5, 5.41) is 22.7. The molecule has 2 heterocycles. The smallest absolute Gasteiger partial charge is 0.251 e. The standard InChI is InChI=1S/C29H40N4O5S2/c1-3-31-23-15-22(16-24(17-23)33-11-4-5-13-40(33,36)37)29(35)32-27(18-26-10-7-12-39-26)28(34)20-30-19-21-8-6-9-25(14-21)38-2/h6-10,12,14-17,27-28,30-31,34,36-37H,3-5,11,13,18-20H2,1-2H3,(H,32,35)/t27-,28-/m0/s1. The Morgan fingerprint density at radius 1 is 1.15 bits per heavy atom. The Hall–Kier alpha value is -2.80. The first kappa shape index (κ1) is 30.2. The zero-order valence-corrected chi connectivity index (χ0v) is 24.6. The molecule has 0 saturated carbocycles.